The molecular formula is C11H17N3O3. The summed E-state index contributed by atoms with van der Waals surface area (Å²) >= 11 is 0. The number of anilines is 1. The highest BCUT2D eigenvalue weighted by molar-refractivity contribution is 5.55. The number of nitrogens with two attached hydrogens (primary N) is 1. The van der Waals surface area contributed by atoms with Gasteiger partial charge in [-0.15, -0.1) is 0 Å². The summed E-state index contributed by atoms with van der Waals surface area (Å²) in [6, 6.07) is 4.20. The lowest BCUT2D eigenvalue weighted by atomic mass is 10.1. The van der Waals surface area contributed by atoms with Crippen LogP contribution < -0.4 is 11.1 Å². The number of nitrogens with zero attached hydrogens (tertiary/aromatic N) is 1. The summed E-state index contributed by atoms with van der Waals surface area (Å²) in [7, 11) is 0. The summed E-state index contributed by atoms with van der Waals surface area (Å²) in [4.78, 5) is 10.1. The van der Waals surface area contributed by atoms with E-state index in [4.69, 9.17) is 5.73 Å². The number of nitro groups is 1. The second-order valence-corrected chi connectivity index (χ2v) is 4.04. The Morgan fingerprint density at radius 2 is 2.24 bits per heavy atom. The molecule has 0 aliphatic heterocycles. The summed E-state index contributed by atoms with van der Waals surface area (Å²) in [5, 5.41) is 22.8. The third-order valence-electron chi connectivity index (χ3n) is 2.57. The number of benzene rings is 1. The average molecular weight is 239 g/mol. The predicted molar refractivity (Wildman–Crippen MR) is 66.0 cm³/mol. The Bertz CT molecular complexity index is 407. The number of nitrogens with one attached hydrogen (secondary N) is 1. The number of aliphatic hydroxyl groups excluding tert-OH is 1. The maximum absolute atomic E-state index is 10.6. The van der Waals surface area contributed by atoms with E-state index >= 15 is 0 Å². The lowest BCUT2D eigenvalue weighted by Crippen LogP contribution is -2.38. The zero-order valence-corrected chi connectivity index (χ0v) is 9.88. The van der Waals surface area contributed by atoms with E-state index in [9.17, 15) is 15.2 Å². The fraction of sp³-hybridized carbons (Fsp3) is 0.455. The van der Waals surface area contributed by atoms with Gasteiger partial charge in [0.1, 0.15) is 0 Å². The van der Waals surface area contributed by atoms with Crippen molar-refractivity contribution in [3.05, 3.63) is 33.9 Å². The van der Waals surface area contributed by atoms with Gasteiger partial charge in [-0.05, 0) is 25.5 Å². The quantitative estimate of drug-likeness (QED) is 0.526. The molecule has 17 heavy (non-hydrogen) atoms. The van der Waals surface area contributed by atoms with E-state index in [2.05, 4.69) is 5.32 Å². The van der Waals surface area contributed by atoms with Crippen molar-refractivity contribution in [2.45, 2.75) is 26.0 Å². The van der Waals surface area contributed by atoms with Crippen molar-refractivity contribution in [3.63, 3.8) is 0 Å². The number of nitro benzene ring substituents is 1. The van der Waals surface area contributed by atoms with Crippen LogP contribution in [0, 0.1) is 17.0 Å². The van der Waals surface area contributed by atoms with Gasteiger partial charge < -0.3 is 16.2 Å². The molecule has 0 radical (unpaired) electrons. The van der Waals surface area contributed by atoms with Crippen LogP contribution in [0.5, 0.6) is 0 Å². The van der Waals surface area contributed by atoms with Crippen LogP contribution in [0.25, 0.3) is 0 Å². The second kappa shape index (κ2) is 5.60. The minimum absolute atomic E-state index is 0.0628. The fourth-order valence-electron chi connectivity index (χ4n) is 1.36. The highest BCUT2D eigenvalue weighted by Gasteiger charge is 2.11. The van der Waals surface area contributed by atoms with Crippen LogP contribution in [0.1, 0.15) is 12.5 Å². The topological polar surface area (TPSA) is 101 Å². The lowest BCUT2D eigenvalue weighted by molar-refractivity contribution is -0.384. The van der Waals surface area contributed by atoms with Crippen LogP contribution in [-0.4, -0.2) is 28.7 Å². The largest absolute Gasteiger partial charge is 0.392 e. The molecule has 0 spiro atoms. The predicted octanol–water partition coefficient (Wildman–Crippen LogP) is 1.02. The Kier molecular flexibility index (Phi) is 4.42. The molecule has 0 saturated heterocycles. The molecule has 0 saturated carbocycles. The molecule has 6 heteroatoms. The summed E-state index contributed by atoms with van der Waals surface area (Å²) in [5.41, 5.74) is 7.29. The zero-order valence-electron chi connectivity index (χ0n) is 9.88. The van der Waals surface area contributed by atoms with Gasteiger partial charge in [0.15, 0.2) is 0 Å². The Labute approximate surface area is 99.6 Å². The Morgan fingerprint density at radius 1 is 1.59 bits per heavy atom. The van der Waals surface area contributed by atoms with Gasteiger partial charge in [-0.3, -0.25) is 10.1 Å². The molecule has 0 amide bonds. The van der Waals surface area contributed by atoms with E-state index in [1.807, 2.05) is 0 Å². The first-order valence-corrected chi connectivity index (χ1v) is 5.34. The number of rotatable bonds is 5. The Hall–Kier alpha value is -1.66. The molecule has 4 N–H and O–H groups in total. The van der Waals surface area contributed by atoms with Crippen molar-refractivity contribution >= 4 is 11.4 Å². The SMILES string of the molecule is Cc1cc([N+](=O)[O-])ccc1NCC(N)C(C)O. The van der Waals surface area contributed by atoms with Gasteiger partial charge in [-0.2, -0.15) is 0 Å². The molecule has 2 unspecified atom stereocenters. The summed E-state index contributed by atoms with van der Waals surface area (Å²) in [5.74, 6) is 0. The molecule has 1 aromatic rings. The molecule has 0 fully saturated rings. The molecular weight excluding hydrogens is 222 g/mol. The maximum atomic E-state index is 10.6. The van der Waals surface area contributed by atoms with Gasteiger partial charge in [0.25, 0.3) is 5.69 Å². The number of hydrogen-bond acceptors (Lipinski definition) is 5. The van der Waals surface area contributed by atoms with Crippen LogP contribution in [0.3, 0.4) is 0 Å². The average Bonchev–Trinajstić information content (AvgIpc) is 2.26. The monoisotopic (exact) mass is 239 g/mol. The molecule has 0 bridgehead atoms. The van der Waals surface area contributed by atoms with Crippen molar-refractivity contribution in [1.82, 2.24) is 0 Å². The van der Waals surface area contributed by atoms with Crippen molar-refractivity contribution in [3.8, 4) is 0 Å². The fourth-order valence-corrected chi connectivity index (χ4v) is 1.36. The van der Waals surface area contributed by atoms with Crippen LogP contribution in [0.15, 0.2) is 18.2 Å². The molecule has 1 rings (SSSR count). The number of hydrogen-bond donors (Lipinski definition) is 3. The number of aliphatic hydroxyl groups is 1. The van der Waals surface area contributed by atoms with Gasteiger partial charge in [0, 0.05) is 30.4 Å². The van der Waals surface area contributed by atoms with Gasteiger partial charge in [0.2, 0.25) is 0 Å². The van der Waals surface area contributed by atoms with Crippen molar-refractivity contribution in [2.75, 3.05) is 11.9 Å². The van der Waals surface area contributed by atoms with E-state index in [1.165, 1.54) is 12.1 Å². The smallest absolute Gasteiger partial charge is 0.269 e. The molecule has 6 nitrogen and oxygen atoms in total. The van der Waals surface area contributed by atoms with Gasteiger partial charge >= 0.3 is 0 Å². The third kappa shape index (κ3) is 3.69. The Balaban J connectivity index is 2.70. The second-order valence-electron chi connectivity index (χ2n) is 4.04. The molecule has 94 valence electrons. The first-order chi connectivity index (χ1) is 7.91. The van der Waals surface area contributed by atoms with Gasteiger partial charge in [0.05, 0.1) is 11.0 Å². The summed E-state index contributed by atoms with van der Waals surface area (Å²) in [6.07, 6.45) is -0.596. The normalized spacial score (nSPS) is 14.1. The Morgan fingerprint density at radius 3 is 2.71 bits per heavy atom. The summed E-state index contributed by atoms with van der Waals surface area (Å²) in [6.45, 7) is 3.81. The van der Waals surface area contributed by atoms with Crippen molar-refractivity contribution in [2.24, 2.45) is 5.73 Å². The van der Waals surface area contributed by atoms with Crippen LogP contribution in [-0.2, 0) is 0 Å². The van der Waals surface area contributed by atoms with E-state index in [-0.39, 0.29) is 11.7 Å². The maximum Gasteiger partial charge on any atom is 0.269 e. The minimum atomic E-state index is -0.596. The molecule has 0 aliphatic rings. The van der Waals surface area contributed by atoms with Crippen molar-refractivity contribution < 1.29 is 10.0 Å². The van der Waals surface area contributed by atoms with Gasteiger partial charge in [-0.1, -0.05) is 0 Å². The highest BCUT2D eigenvalue weighted by Crippen LogP contribution is 2.20. The molecule has 1 aromatic carbocycles. The minimum Gasteiger partial charge on any atom is -0.392 e. The van der Waals surface area contributed by atoms with Crippen LogP contribution in [0.2, 0.25) is 0 Å². The van der Waals surface area contributed by atoms with Crippen molar-refractivity contribution in [1.29, 1.82) is 0 Å². The van der Waals surface area contributed by atoms with E-state index in [0.717, 1.165) is 11.3 Å². The molecule has 0 aliphatic carbocycles. The van der Waals surface area contributed by atoms with E-state index < -0.39 is 11.0 Å². The standard InChI is InChI=1S/C11H17N3O3/c1-7-5-9(14(16)17)3-4-11(7)13-6-10(12)8(2)15/h3-5,8,10,13,15H,6,12H2,1-2H3. The number of aryl methyl sites for hydroxylation is 1. The molecule has 0 aromatic heterocycles. The number of non-ortho nitro benzene ring substituents is 1. The summed E-state index contributed by atoms with van der Waals surface area (Å²) < 4.78 is 0. The third-order valence-corrected chi connectivity index (χ3v) is 2.57. The van der Waals surface area contributed by atoms with E-state index in [0.29, 0.717) is 6.54 Å². The molecule has 0 heterocycles. The molecule has 2 atom stereocenters. The lowest BCUT2D eigenvalue weighted by Gasteiger charge is -2.17. The zero-order chi connectivity index (χ0) is 13.0. The highest BCUT2D eigenvalue weighted by atomic mass is 16.6. The van der Waals surface area contributed by atoms with E-state index in [1.54, 1.807) is 19.9 Å². The first kappa shape index (κ1) is 13.4. The van der Waals surface area contributed by atoms with Crippen LogP contribution in [0.4, 0.5) is 11.4 Å². The first-order valence-electron chi connectivity index (χ1n) is 5.34. The van der Waals surface area contributed by atoms with Crippen LogP contribution >= 0.6 is 0 Å². The van der Waals surface area contributed by atoms with Gasteiger partial charge in [-0.25, -0.2) is 0 Å².